The van der Waals surface area contributed by atoms with Gasteiger partial charge >= 0.3 is 0 Å². The van der Waals surface area contributed by atoms with Crippen molar-refractivity contribution in [1.29, 1.82) is 0 Å². The van der Waals surface area contributed by atoms with E-state index in [1.807, 2.05) is 6.07 Å². The van der Waals surface area contributed by atoms with Gasteiger partial charge in [0.15, 0.2) is 0 Å². The molecule has 0 amide bonds. The van der Waals surface area contributed by atoms with E-state index in [2.05, 4.69) is 32.1 Å². The van der Waals surface area contributed by atoms with Crippen LogP contribution in [0.2, 0.25) is 0 Å². The largest absolute Gasteiger partial charge is 0.508 e. The highest BCUT2D eigenvalue weighted by Crippen LogP contribution is 2.32. The zero-order valence-corrected chi connectivity index (χ0v) is 13.4. The molecular formula is C19H26O2. The highest BCUT2D eigenvalue weighted by atomic mass is 16.5. The molecule has 114 valence electrons. The van der Waals surface area contributed by atoms with Gasteiger partial charge in [0.2, 0.25) is 0 Å². The number of methoxy groups -OCH3 is 1. The molecule has 0 heterocycles. The molecule has 2 aliphatic rings. The van der Waals surface area contributed by atoms with Crippen molar-refractivity contribution >= 4 is 0 Å². The minimum Gasteiger partial charge on any atom is -0.508 e. The van der Waals surface area contributed by atoms with E-state index in [9.17, 15) is 5.11 Å². The van der Waals surface area contributed by atoms with Crippen LogP contribution in [0.1, 0.15) is 50.7 Å². The zero-order valence-electron chi connectivity index (χ0n) is 13.4. The number of hydrogen-bond donors (Lipinski definition) is 1. The average molecular weight is 286 g/mol. The molecule has 2 aliphatic carbocycles. The minimum atomic E-state index is 0.359. The van der Waals surface area contributed by atoms with E-state index in [1.165, 1.54) is 11.1 Å². The summed E-state index contributed by atoms with van der Waals surface area (Å²) in [5.41, 5.74) is 4.87. The van der Waals surface area contributed by atoms with Crippen molar-refractivity contribution in [1.82, 2.24) is 0 Å². The smallest absolute Gasteiger partial charge is 0.126 e. The molecule has 0 atom stereocenters. The molecule has 0 aromatic heterocycles. The van der Waals surface area contributed by atoms with E-state index >= 15 is 0 Å². The lowest BCUT2D eigenvalue weighted by molar-refractivity contribution is 0.400. The van der Waals surface area contributed by atoms with E-state index in [1.54, 1.807) is 7.11 Å². The van der Waals surface area contributed by atoms with Gasteiger partial charge in [0.1, 0.15) is 11.5 Å². The third-order valence-electron chi connectivity index (χ3n) is 4.19. The lowest BCUT2D eigenvalue weighted by Crippen LogP contribution is -1.96. The molecule has 0 radical (unpaired) electrons. The molecule has 1 aromatic rings. The van der Waals surface area contributed by atoms with E-state index in [0.29, 0.717) is 5.75 Å². The first-order chi connectivity index (χ1) is 10.1. The molecule has 1 N–H and O–H groups in total. The van der Waals surface area contributed by atoms with Crippen LogP contribution < -0.4 is 4.74 Å². The summed E-state index contributed by atoms with van der Waals surface area (Å²) in [5, 5.41) is 10.3. The predicted octanol–water partition coefficient (Wildman–Crippen LogP) is 4.95. The van der Waals surface area contributed by atoms with Crippen molar-refractivity contribution in [3.05, 3.63) is 46.6 Å². The topological polar surface area (TPSA) is 29.5 Å². The Balaban J connectivity index is 2.34. The van der Waals surface area contributed by atoms with Gasteiger partial charge in [-0.05, 0) is 70.1 Å². The first-order valence-corrected chi connectivity index (χ1v) is 7.80. The molecule has 3 rings (SSSR count). The fraction of sp³-hybridized carbons (Fsp3) is 0.474. The van der Waals surface area contributed by atoms with Gasteiger partial charge in [-0.25, -0.2) is 0 Å². The van der Waals surface area contributed by atoms with Crippen molar-refractivity contribution in [2.24, 2.45) is 0 Å². The molecule has 2 nitrogen and oxygen atoms in total. The van der Waals surface area contributed by atoms with E-state index < -0.39 is 0 Å². The van der Waals surface area contributed by atoms with Gasteiger partial charge in [0, 0.05) is 5.56 Å². The predicted molar refractivity (Wildman–Crippen MR) is 88.0 cm³/mol. The Morgan fingerprint density at radius 3 is 2.52 bits per heavy atom. The number of allylic oxidation sites excluding steroid dienone is 4. The maximum absolute atomic E-state index is 10.3. The summed E-state index contributed by atoms with van der Waals surface area (Å²) in [5.74, 6) is 1.16. The fourth-order valence-corrected chi connectivity index (χ4v) is 2.82. The van der Waals surface area contributed by atoms with Crippen LogP contribution in [-0.2, 0) is 12.8 Å². The molecule has 0 saturated heterocycles. The summed E-state index contributed by atoms with van der Waals surface area (Å²) in [6, 6.07) is 3.97. The first kappa shape index (κ1) is 15.7. The lowest BCUT2D eigenvalue weighted by Gasteiger charge is -2.13. The molecule has 0 unspecified atom stereocenters. The second kappa shape index (κ2) is 7.35. The lowest BCUT2D eigenvalue weighted by atomic mass is 9.98. The molecule has 0 fully saturated rings. The van der Waals surface area contributed by atoms with Crippen molar-refractivity contribution in [3.63, 3.8) is 0 Å². The summed E-state index contributed by atoms with van der Waals surface area (Å²) in [6.07, 6.45) is 10.7. The number of phenolic OH excluding ortho intramolecular Hbond substituents is 1. The minimum absolute atomic E-state index is 0.359. The third kappa shape index (κ3) is 4.38. The fourth-order valence-electron chi connectivity index (χ4n) is 2.82. The third-order valence-corrected chi connectivity index (χ3v) is 4.19. The second-order valence-corrected chi connectivity index (χ2v) is 5.99. The van der Waals surface area contributed by atoms with Crippen LogP contribution in [0.15, 0.2) is 35.4 Å². The SMILES string of the molecule is COc1cc2cc(O)c1C/C=C(\C)CC/C=C(\C)CCC2. The summed E-state index contributed by atoms with van der Waals surface area (Å²) in [4.78, 5) is 0. The highest BCUT2D eigenvalue weighted by Gasteiger charge is 2.11. The highest BCUT2D eigenvalue weighted by molar-refractivity contribution is 5.48. The van der Waals surface area contributed by atoms with Crippen LogP contribution in [-0.4, -0.2) is 12.2 Å². The first-order valence-electron chi connectivity index (χ1n) is 7.80. The number of benzene rings is 1. The van der Waals surface area contributed by atoms with E-state index in [0.717, 1.165) is 55.4 Å². The summed E-state index contributed by atoms with van der Waals surface area (Å²) in [6.45, 7) is 4.37. The number of aromatic hydroxyl groups is 1. The van der Waals surface area contributed by atoms with E-state index in [4.69, 9.17) is 4.74 Å². The van der Waals surface area contributed by atoms with Crippen LogP contribution >= 0.6 is 0 Å². The van der Waals surface area contributed by atoms with Gasteiger partial charge in [-0.15, -0.1) is 0 Å². The van der Waals surface area contributed by atoms with Gasteiger partial charge in [0.05, 0.1) is 7.11 Å². The number of hydrogen-bond acceptors (Lipinski definition) is 2. The number of rotatable bonds is 1. The maximum Gasteiger partial charge on any atom is 0.126 e. The Bertz CT molecular complexity index is 553. The number of phenols is 1. The Hall–Kier alpha value is -1.70. The second-order valence-electron chi connectivity index (χ2n) is 5.99. The zero-order chi connectivity index (χ0) is 15.2. The Morgan fingerprint density at radius 2 is 1.76 bits per heavy atom. The van der Waals surface area contributed by atoms with Crippen molar-refractivity contribution in [2.45, 2.75) is 52.4 Å². The Morgan fingerprint density at radius 1 is 1.00 bits per heavy atom. The molecule has 21 heavy (non-hydrogen) atoms. The number of ether oxygens (including phenoxy) is 1. The number of aryl methyl sites for hydroxylation is 1. The van der Waals surface area contributed by atoms with Gasteiger partial charge in [0.25, 0.3) is 0 Å². The maximum atomic E-state index is 10.3. The molecular weight excluding hydrogens is 260 g/mol. The number of fused-ring (bicyclic) bond motifs is 9. The Kier molecular flexibility index (Phi) is 5.49. The monoisotopic (exact) mass is 286 g/mol. The van der Waals surface area contributed by atoms with Gasteiger partial charge in [-0.2, -0.15) is 0 Å². The van der Waals surface area contributed by atoms with Crippen LogP contribution in [0.3, 0.4) is 0 Å². The van der Waals surface area contributed by atoms with Crippen molar-refractivity contribution in [2.75, 3.05) is 7.11 Å². The average Bonchev–Trinajstić information content (AvgIpc) is 2.45. The van der Waals surface area contributed by atoms with Gasteiger partial charge < -0.3 is 9.84 Å². The Labute approximate surface area is 128 Å². The molecule has 0 spiro atoms. The van der Waals surface area contributed by atoms with Gasteiger partial charge in [-0.3, -0.25) is 0 Å². The molecule has 1 aromatic carbocycles. The van der Waals surface area contributed by atoms with Crippen molar-refractivity contribution < 1.29 is 9.84 Å². The molecule has 2 bridgehead atoms. The van der Waals surface area contributed by atoms with Crippen LogP contribution in [0.4, 0.5) is 0 Å². The van der Waals surface area contributed by atoms with Crippen molar-refractivity contribution in [3.8, 4) is 11.5 Å². The molecule has 2 heteroatoms. The normalized spacial score (nSPS) is 21.9. The summed E-state index contributed by atoms with van der Waals surface area (Å²) >= 11 is 0. The van der Waals surface area contributed by atoms with Crippen LogP contribution in [0, 0.1) is 0 Å². The summed E-state index contributed by atoms with van der Waals surface area (Å²) in [7, 11) is 1.68. The van der Waals surface area contributed by atoms with Gasteiger partial charge in [-0.1, -0.05) is 23.3 Å². The quantitative estimate of drug-likeness (QED) is 0.740. The molecule has 0 saturated carbocycles. The summed E-state index contributed by atoms with van der Waals surface area (Å²) < 4.78 is 5.47. The molecule has 0 aliphatic heterocycles. The standard InChI is InChI=1S/C19H26O2/c1-14-6-4-7-15(2)10-11-17-18(20)12-16(9-5-8-14)13-19(17)21-3/h6,10,12-13,20H,4-5,7-9,11H2,1-3H3/b14-6+,15-10+. The van der Waals surface area contributed by atoms with Crippen LogP contribution in [0.25, 0.3) is 0 Å². The van der Waals surface area contributed by atoms with E-state index in [-0.39, 0.29) is 0 Å². The van der Waals surface area contributed by atoms with Crippen LogP contribution in [0.5, 0.6) is 11.5 Å².